The third-order valence-corrected chi connectivity index (χ3v) is 2.83. The summed E-state index contributed by atoms with van der Waals surface area (Å²) >= 11 is 0. The van der Waals surface area contributed by atoms with Crippen molar-refractivity contribution in [2.24, 2.45) is 0 Å². The van der Waals surface area contributed by atoms with E-state index in [0.29, 0.717) is 18.7 Å². The summed E-state index contributed by atoms with van der Waals surface area (Å²) in [7, 11) is 1.33. The maximum Gasteiger partial charge on any atom is 0.406 e. The van der Waals surface area contributed by atoms with Crippen LogP contribution >= 0.6 is 0 Å². The van der Waals surface area contributed by atoms with Crippen LogP contribution < -0.4 is 10.6 Å². The predicted octanol–water partition coefficient (Wildman–Crippen LogP) is 0.870. The molecule has 0 bridgehead atoms. The molecule has 17 heavy (non-hydrogen) atoms. The zero-order valence-corrected chi connectivity index (χ0v) is 9.53. The molecule has 5 heteroatoms. The van der Waals surface area contributed by atoms with Gasteiger partial charge in [-0.2, -0.15) is 0 Å². The van der Waals surface area contributed by atoms with Gasteiger partial charge in [0.1, 0.15) is 0 Å². The molecule has 2 amide bonds. The zero-order chi connectivity index (χ0) is 12.3. The molecule has 0 spiro atoms. The fraction of sp³-hybridized carbons (Fsp3) is 0.333. The lowest BCUT2D eigenvalue weighted by Gasteiger charge is -2.25. The molecule has 5 nitrogen and oxygen atoms in total. The maximum atomic E-state index is 11.6. The predicted molar refractivity (Wildman–Crippen MR) is 61.9 cm³/mol. The molecular weight excluding hydrogens is 220 g/mol. The molecule has 0 saturated heterocycles. The number of nitrogens with one attached hydrogen (secondary N) is 2. The first-order valence-corrected chi connectivity index (χ1v) is 5.41. The van der Waals surface area contributed by atoms with Crippen LogP contribution in [0.2, 0.25) is 0 Å². The summed E-state index contributed by atoms with van der Waals surface area (Å²) in [6.07, 6.45) is -0.459. The van der Waals surface area contributed by atoms with Crippen molar-refractivity contribution in [2.75, 3.05) is 20.2 Å². The SMILES string of the molecule is COC(=O)NCC1CNC(=O)c2ccccc21. The molecule has 1 aromatic rings. The summed E-state index contributed by atoms with van der Waals surface area (Å²) in [5.74, 6) is 0.0259. The summed E-state index contributed by atoms with van der Waals surface area (Å²) < 4.78 is 4.51. The maximum absolute atomic E-state index is 11.6. The number of hydrogen-bond acceptors (Lipinski definition) is 3. The van der Waals surface area contributed by atoms with Crippen molar-refractivity contribution in [2.45, 2.75) is 5.92 Å². The van der Waals surface area contributed by atoms with Crippen molar-refractivity contribution in [1.82, 2.24) is 10.6 Å². The summed E-state index contributed by atoms with van der Waals surface area (Å²) in [4.78, 5) is 22.6. The number of ether oxygens (including phenoxy) is 1. The molecule has 2 N–H and O–H groups in total. The number of rotatable bonds is 2. The molecule has 1 aliphatic rings. The van der Waals surface area contributed by atoms with Crippen molar-refractivity contribution < 1.29 is 14.3 Å². The normalized spacial score (nSPS) is 17.9. The summed E-state index contributed by atoms with van der Waals surface area (Å²) in [5, 5.41) is 5.44. The van der Waals surface area contributed by atoms with Crippen LogP contribution in [0.3, 0.4) is 0 Å². The fourth-order valence-electron chi connectivity index (χ4n) is 1.94. The Morgan fingerprint density at radius 1 is 1.53 bits per heavy atom. The second-order valence-corrected chi connectivity index (χ2v) is 3.87. The van der Waals surface area contributed by atoms with Crippen LogP contribution in [0.5, 0.6) is 0 Å². The number of carbonyl (C=O) groups excluding carboxylic acids is 2. The number of methoxy groups -OCH3 is 1. The highest BCUT2D eigenvalue weighted by atomic mass is 16.5. The first-order chi connectivity index (χ1) is 8.22. The Balaban J connectivity index is 2.13. The van der Waals surface area contributed by atoms with Crippen LogP contribution in [-0.4, -0.2) is 32.2 Å². The van der Waals surface area contributed by atoms with Gasteiger partial charge in [-0.15, -0.1) is 0 Å². The first-order valence-electron chi connectivity index (χ1n) is 5.41. The number of carbonyl (C=O) groups is 2. The Bertz CT molecular complexity index is 445. The van der Waals surface area contributed by atoms with Gasteiger partial charge in [-0.05, 0) is 11.6 Å². The molecule has 2 rings (SSSR count). The van der Waals surface area contributed by atoms with E-state index in [1.54, 1.807) is 6.07 Å². The standard InChI is InChI=1S/C12H14N2O3/c1-17-12(16)14-7-8-6-13-11(15)10-5-3-2-4-9(8)10/h2-5,8H,6-7H2,1H3,(H,13,15)(H,14,16). The van der Waals surface area contributed by atoms with Crippen molar-refractivity contribution in [3.8, 4) is 0 Å². The van der Waals surface area contributed by atoms with E-state index in [-0.39, 0.29) is 11.8 Å². The van der Waals surface area contributed by atoms with Gasteiger partial charge in [0.2, 0.25) is 0 Å². The van der Waals surface area contributed by atoms with E-state index >= 15 is 0 Å². The van der Waals surface area contributed by atoms with Gasteiger partial charge in [-0.25, -0.2) is 4.79 Å². The van der Waals surface area contributed by atoms with Gasteiger partial charge >= 0.3 is 6.09 Å². The third-order valence-electron chi connectivity index (χ3n) is 2.83. The average molecular weight is 234 g/mol. The van der Waals surface area contributed by atoms with Crippen molar-refractivity contribution in [3.63, 3.8) is 0 Å². The second-order valence-electron chi connectivity index (χ2n) is 3.87. The quantitative estimate of drug-likeness (QED) is 0.797. The van der Waals surface area contributed by atoms with Crippen molar-refractivity contribution in [3.05, 3.63) is 35.4 Å². The van der Waals surface area contributed by atoms with E-state index in [1.807, 2.05) is 18.2 Å². The minimum atomic E-state index is -0.459. The van der Waals surface area contributed by atoms with Gasteiger partial charge in [0.15, 0.2) is 0 Å². The van der Waals surface area contributed by atoms with E-state index < -0.39 is 6.09 Å². The van der Waals surface area contributed by atoms with Gasteiger partial charge in [-0.3, -0.25) is 4.79 Å². The van der Waals surface area contributed by atoms with Gasteiger partial charge in [-0.1, -0.05) is 18.2 Å². The molecule has 1 heterocycles. The molecule has 0 aliphatic carbocycles. The third kappa shape index (κ3) is 2.38. The van der Waals surface area contributed by atoms with E-state index in [0.717, 1.165) is 5.56 Å². The number of amides is 2. The smallest absolute Gasteiger partial charge is 0.406 e. The van der Waals surface area contributed by atoms with Crippen LogP contribution in [0.15, 0.2) is 24.3 Å². The Morgan fingerprint density at radius 3 is 3.06 bits per heavy atom. The van der Waals surface area contributed by atoms with Gasteiger partial charge in [0.05, 0.1) is 7.11 Å². The molecule has 0 aromatic heterocycles. The van der Waals surface area contributed by atoms with Gasteiger partial charge in [0, 0.05) is 24.6 Å². The lowest BCUT2D eigenvalue weighted by atomic mass is 9.90. The van der Waals surface area contributed by atoms with E-state index in [2.05, 4.69) is 15.4 Å². The largest absolute Gasteiger partial charge is 0.453 e. The highest BCUT2D eigenvalue weighted by molar-refractivity contribution is 5.97. The Kier molecular flexibility index (Phi) is 3.27. The number of alkyl carbamates (subject to hydrolysis) is 1. The lowest BCUT2D eigenvalue weighted by Crippen LogP contribution is -2.40. The van der Waals surface area contributed by atoms with E-state index in [4.69, 9.17) is 0 Å². The molecule has 0 fully saturated rings. The van der Waals surface area contributed by atoms with Crippen LogP contribution in [0.4, 0.5) is 4.79 Å². The fourth-order valence-corrected chi connectivity index (χ4v) is 1.94. The van der Waals surface area contributed by atoms with Crippen LogP contribution in [-0.2, 0) is 4.74 Å². The molecule has 90 valence electrons. The molecule has 1 aliphatic heterocycles. The Hall–Kier alpha value is -2.04. The Morgan fingerprint density at radius 2 is 2.29 bits per heavy atom. The highest BCUT2D eigenvalue weighted by Crippen LogP contribution is 2.22. The molecule has 1 atom stereocenters. The minimum Gasteiger partial charge on any atom is -0.453 e. The van der Waals surface area contributed by atoms with E-state index in [9.17, 15) is 9.59 Å². The first kappa shape index (κ1) is 11.4. The molecule has 1 aromatic carbocycles. The van der Waals surface area contributed by atoms with Crippen molar-refractivity contribution in [1.29, 1.82) is 0 Å². The van der Waals surface area contributed by atoms with Crippen LogP contribution in [0, 0.1) is 0 Å². The number of hydrogen-bond donors (Lipinski definition) is 2. The molecular formula is C12H14N2O3. The van der Waals surface area contributed by atoms with E-state index in [1.165, 1.54) is 7.11 Å². The lowest BCUT2D eigenvalue weighted by molar-refractivity contribution is 0.0940. The number of benzene rings is 1. The molecule has 1 unspecified atom stereocenters. The van der Waals surface area contributed by atoms with Crippen LogP contribution in [0.25, 0.3) is 0 Å². The molecule has 0 saturated carbocycles. The zero-order valence-electron chi connectivity index (χ0n) is 9.53. The summed E-state index contributed by atoms with van der Waals surface area (Å²) in [5.41, 5.74) is 1.64. The minimum absolute atomic E-state index is 0.0603. The van der Waals surface area contributed by atoms with Gasteiger partial charge in [0.25, 0.3) is 5.91 Å². The monoisotopic (exact) mass is 234 g/mol. The topological polar surface area (TPSA) is 67.4 Å². The average Bonchev–Trinajstić information content (AvgIpc) is 2.38. The summed E-state index contributed by atoms with van der Waals surface area (Å²) in [6, 6.07) is 7.42. The second kappa shape index (κ2) is 4.86. The summed E-state index contributed by atoms with van der Waals surface area (Å²) in [6.45, 7) is 0.976. The van der Waals surface area contributed by atoms with Gasteiger partial charge < -0.3 is 15.4 Å². The molecule has 0 radical (unpaired) electrons. The Labute approximate surface area is 99.2 Å². The van der Waals surface area contributed by atoms with Crippen molar-refractivity contribution >= 4 is 12.0 Å². The number of fused-ring (bicyclic) bond motifs is 1. The highest BCUT2D eigenvalue weighted by Gasteiger charge is 2.24. The van der Waals surface area contributed by atoms with Crippen LogP contribution in [0.1, 0.15) is 21.8 Å².